The van der Waals surface area contributed by atoms with Crippen molar-refractivity contribution in [3.05, 3.63) is 30.6 Å². The molecule has 0 aliphatic heterocycles. The van der Waals surface area contributed by atoms with Gasteiger partial charge in [0.15, 0.2) is 16.4 Å². The number of amides is 1. The standard InChI is InChI=1S/C17H18Cl2N4O5/c18-16(19)17(27)23(8-5-13(24)11(20)1-2-15(25)26)10-3-6-21-12(9-10)14-4-7-22-28-14/h3-4,6-7,9,11,16H,1-2,5,8,20H2,(H,25,26)/t11-/m0/s1. The quantitative estimate of drug-likeness (QED) is 0.547. The van der Waals surface area contributed by atoms with Gasteiger partial charge in [-0.15, -0.1) is 0 Å². The van der Waals surface area contributed by atoms with Gasteiger partial charge >= 0.3 is 5.97 Å². The van der Waals surface area contributed by atoms with E-state index in [1.807, 2.05) is 0 Å². The second kappa shape index (κ2) is 10.2. The van der Waals surface area contributed by atoms with Crippen LogP contribution in [0, 0.1) is 0 Å². The van der Waals surface area contributed by atoms with Gasteiger partial charge in [0.2, 0.25) is 0 Å². The summed E-state index contributed by atoms with van der Waals surface area (Å²) in [6.07, 6.45) is 2.63. The number of alkyl halides is 2. The molecule has 2 aromatic rings. The number of nitrogens with two attached hydrogens (primary N) is 1. The van der Waals surface area contributed by atoms with Crippen molar-refractivity contribution >= 4 is 46.5 Å². The Bertz CT molecular complexity index is 829. The summed E-state index contributed by atoms with van der Waals surface area (Å²) in [5.74, 6) is -1.63. The Labute approximate surface area is 170 Å². The second-order valence-electron chi connectivity index (χ2n) is 5.82. The maximum atomic E-state index is 12.4. The molecule has 3 N–H and O–H groups in total. The fraction of sp³-hybridized carbons (Fsp3) is 0.353. The number of rotatable bonds is 10. The lowest BCUT2D eigenvalue weighted by Gasteiger charge is -2.24. The number of aromatic nitrogens is 2. The number of carboxylic acids is 1. The van der Waals surface area contributed by atoms with Gasteiger partial charge in [0.1, 0.15) is 5.69 Å². The average molecular weight is 429 g/mol. The molecular formula is C17H18Cl2N4O5. The summed E-state index contributed by atoms with van der Waals surface area (Å²) in [6, 6.07) is 3.81. The van der Waals surface area contributed by atoms with Crippen molar-refractivity contribution in [3.63, 3.8) is 0 Å². The maximum absolute atomic E-state index is 12.4. The van der Waals surface area contributed by atoms with Gasteiger partial charge in [0.25, 0.3) is 5.91 Å². The molecule has 0 saturated heterocycles. The van der Waals surface area contributed by atoms with Gasteiger partial charge in [-0.25, -0.2) is 0 Å². The summed E-state index contributed by atoms with van der Waals surface area (Å²) < 4.78 is 5.05. The van der Waals surface area contributed by atoms with Gasteiger partial charge in [0, 0.05) is 37.3 Å². The number of pyridine rings is 1. The minimum atomic E-state index is -1.34. The molecule has 0 bridgehead atoms. The van der Waals surface area contributed by atoms with Crippen molar-refractivity contribution in [1.29, 1.82) is 0 Å². The zero-order chi connectivity index (χ0) is 20.7. The monoisotopic (exact) mass is 428 g/mol. The van der Waals surface area contributed by atoms with Crippen LogP contribution >= 0.6 is 23.2 Å². The van der Waals surface area contributed by atoms with Gasteiger partial charge in [-0.05, 0) is 18.6 Å². The first kappa shape index (κ1) is 21.8. The van der Waals surface area contributed by atoms with Gasteiger partial charge in [0.05, 0.1) is 12.2 Å². The van der Waals surface area contributed by atoms with Crippen LogP contribution in [0.15, 0.2) is 35.1 Å². The molecule has 2 aromatic heterocycles. The Morgan fingerprint density at radius 2 is 1.96 bits per heavy atom. The van der Waals surface area contributed by atoms with Crippen LogP contribution in [0.3, 0.4) is 0 Å². The Morgan fingerprint density at radius 1 is 1.21 bits per heavy atom. The first-order valence-corrected chi connectivity index (χ1v) is 9.13. The number of carbonyl (C=O) groups is 3. The summed E-state index contributed by atoms with van der Waals surface area (Å²) in [6.45, 7) is -0.0335. The van der Waals surface area contributed by atoms with Crippen LogP contribution in [0.2, 0.25) is 0 Å². The van der Waals surface area contributed by atoms with Crippen LogP contribution in [0.25, 0.3) is 11.5 Å². The SMILES string of the molecule is N[C@@H](CCC(=O)O)C(=O)CCN(C(=O)C(Cl)Cl)c1ccnc(-c2ccno2)c1. The summed E-state index contributed by atoms with van der Waals surface area (Å²) in [7, 11) is 0. The molecule has 0 spiro atoms. The summed E-state index contributed by atoms with van der Waals surface area (Å²) in [5, 5.41) is 12.3. The van der Waals surface area contributed by atoms with Crippen molar-refractivity contribution in [2.24, 2.45) is 5.73 Å². The Hall–Kier alpha value is -2.49. The molecule has 0 saturated carbocycles. The van der Waals surface area contributed by atoms with Crippen LogP contribution < -0.4 is 10.6 Å². The molecule has 2 rings (SSSR count). The third-order valence-corrected chi connectivity index (χ3v) is 4.24. The minimum absolute atomic E-state index is 0.0145. The third-order valence-electron chi connectivity index (χ3n) is 3.86. The highest BCUT2D eigenvalue weighted by Crippen LogP contribution is 2.24. The van der Waals surface area contributed by atoms with E-state index in [1.54, 1.807) is 18.2 Å². The fourth-order valence-corrected chi connectivity index (χ4v) is 2.64. The van der Waals surface area contributed by atoms with Crippen LogP contribution in [-0.4, -0.2) is 50.3 Å². The number of ketones is 1. The van der Waals surface area contributed by atoms with Gasteiger partial charge < -0.3 is 20.3 Å². The molecule has 0 fully saturated rings. The van der Waals surface area contributed by atoms with Crippen LogP contribution in [0.5, 0.6) is 0 Å². The number of nitrogens with zero attached hydrogens (tertiary/aromatic N) is 3. The van der Waals surface area contributed by atoms with E-state index in [9.17, 15) is 14.4 Å². The zero-order valence-corrected chi connectivity index (χ0v) is 16.1. The van der Waals surface area contributed by atoms with Crippen molar-refractivity contribution in [1.82, 2.24) is 10.1 Å². The smallest absolute Gasteiger partial charge is 0.303 e. The highest BCUT2D eigenvalue weighted by Gasteiger charge is 2.24. The van der Waals surface area contributed by atoms with Crippen molar-refractivity contribution in [2.75, 3.05) is 11.4 Å². The van der Waals surface area contributed by atoms with Gasteiger partial charge in [-0.3, -0.25) is 19.4 Å². The summed E-state index contributed by atoms with van der Waals surface area (Å²) in [4.78, 5) is 39.3. The van der Waals surface area contributed by atoms with E-state index in [1.165, 1.54) is 17.3 Å². The van der Waals surface area contributed by atoms with Crippen LogP contribution in [-0.2, 0) is 14.4 Å². The lowest BCUT2D eigenvalue weighted by atomic mass is 10.0. The predicted molar refractivity (Wildman–Crippen MR) is 102 cm³/mol. The molecule has 1 amide bonds. The molecule has 0 aliphatic carbocycles. The molecule has 0 radical (unpaired) electrons. The topological polar surface area (TPSA) is 140 Å². The normalized spacial score (nSPS) is 12.0. The van der Waals surface area contributed by atoms with Crippen molar-refractivity contribution in [2.45, 2.75) is 30.1 Å². The Kier molecular flexibility index (Phi) is 7.91. The minimum Gasteiger partial charge on any atom is -0.481 e. The molecule has 2 heterocycles. The summed E-state index contributed by atoms with van der Waals surface area (Å²) >= 11 is 11.5. The number of anilines is 1. The molecule has 11 heteroatoms. The molecule has 0 aliphatic rings. The zero-order valence-electron chi connectivity index (χ0n) is 14.6. The molecule has 150 valence electrons. The van der Waals surface area contributed by atoms with E-state index in [0.29, 0.717) is 17.1 Å². The first-order chi connectivity index (χ1) is 13.3. The van der Waals surface area contributed by atoms with E-state index in [0.717, 1.165) is 0 Å². The van der Waals surface area contributed by atoms with E-state index in [4.69, 9.17) is 38.6 Å². The van der Waals surface area contributed by atoms with Crippen LogP contribution in [0.1, 0.15) is 19.3 Å². The largest absolute Gasteiger partial charge is 0.481 e. The molecular weight excluding hydrogens is 411 g/mol. The highest BCUT2D eigenvalue weighted by molar-refractivity contribution is 6.54. The molecule has 0 unspecified atom stereocenters. The van der Waals surface area contributed by atoms with E-state index in [2.05, 4.69) is 10.1 Å². The van der Waals surface area contributed by atoms with E-state index in [-0.39, 0.29) is 31.6 Å². The maximum Gasteiger partial charge on any atom is 0.303 e. The van der Waals surface area contributed by atoms with Crippen LogP contribution in [0.4, 0.5) is 5.69 Å². The number of hydrogen-bond acceptors (Lipinski definition) is 7. The van der Waals surface area contributed by atoms with E-state index >= 15 is 0 Å². The highest BCUT2D eigenvalue weighted by atomic mass is 35.5. The lowest BCUT2D eigenvalue weighted by Crippen LogP contribution is -2.39. The number of Topliss-reactive ketones (excluding diaryl/α,β-unsaturated/α-hetero) is 1. The summed E-state index contributed by atoms with van der Waals surface area (Å²) in [5.41, 5.74) is 6.55. The average Bonchev–Trinajstić information content (AvgIpc) is 3.20. The number of aliphatic carboxylic acids is 1. The van der Waals surface area contributed by atoms with E-state index < -0.39 is 22.8 Å². The third kappa shape index (κ3) is 6.01. The molecule has 0 aromatic carbocycles. The van der Waals surface area contributed by atoms with Gasteiger partial charge in [-0.2, -0.15) is 0 Å². The Morgan fingerprint density at radius 3 is 2.57 bits per heavy atom. The Balaban J connectivity index is 2.15. The van der Waals surface area contributed by atoms with Crippen molar-refractivity contribution in [3.8, 4) is 11.5 Å². The first-order valence-electron chi connectivity index (χ1n) is 8.26. The molecule has 1 atom stereocenters. The van der Waals surface area contributed by atoms with Crippen molar-refractivity contribution < 1.29 is 24.0 Å². The van der Waals surface area contributed by atoms with Gasteiger partial charge in [-0.1, -0.05) is 28.4 Å². The lowest BCUT2D eigenvalue weighted by molar-refractivity contribution is -0.137. The molecule has 28 heavy (non-hydrogen) atoms. The number of halogens is 2. The molecule has 9 nitrogen and oxygen atoms in total. The second-order valence-corrected chi connectivity index (χ2v) is 6.92. The number of carboxylic acid groups (broad SMARTS) is 1. The number of carbonyl (C=O) groups excluding carboxylic acids is 2. The fourth-order valence-electron chi connectivity index (χ4n) is 2.40. The number of hydrogen-bond donors (Lipinski definition) is 2. The predicted octanol–water partition coefficient (Wildman–Crippen LogP) is 2.02.